The van der Waals surface area contributed by atoms with Crippen molar-refractivity contribution in [3.8, 4) is 5.82 Å². The minimum atomic E-state index is 0.427. The van der Waals surface area contributed by atoms with Gasteiger partial charge in [0.05, 0.1) is 5.69 Å². The van der Waals surface area contributed by atoms with Gasteiger partial charge in [-0.2, -0.15) is 24.7 Å². The number of hydrogen-bond acceptors (Lipinski definition) is 4. The number of hydrogen-bond donors (Lipinski definition) is 0. The minimum Gasteiger partial charge on any atom is -0.219 e. The lowest BCUT2D eigenvalue weighted by molar-refractivity contribution is 0.726. The van der Waals surface area contributed by atoms with Gasteiger partial charge in [0.25, 0.3) is 5.78 Å². The largest absolute Gasteiger partial charge is 0.255 e. The average molecular weight is 291 g/mol. The summed E-state index contributed by atoms with van der Waals surface area (Å²) in [6.45, 7) is 6.10. The molecule has 0 spiro atoms. The maximum absolute atomic E-state index is 6.20. The summed E-state index contributed by atoms with van der Waals surface area (Å²) in [6.07, 6.45) is 3.23. The van der Waals surface area contributed by atoms with Crippen molar-refractivity contribution in [1.29, 1.82) is 0 Å². The Morgan fingerprint density at radius 2 is 2.05 bits per heavy atom. The molecule has 0 aromatic carbocycles. The Hall–Kier alpha value is -1.95. The van der Waals surface area contributed by atoms with Crippen LogP contribution in [0.5, 0.6) is 0 Å². The van der Waals surface area contributed by atoms with Crippen molar-refractivity contribution >= 4 is 17.4 Å². The molecule has 20 heavy (non-hydrogen) atoms. The third-order valence-electron chi connectivity index (χ3n) is 3.33. The van der Waals surface area contributed by atoms with Gasteiger partial charge in [0.2, 0.25) is 0 Å². The summed E-state index contributed by atoms with van der Waals surface area (Å²) in [5, 5.41) is 9.30. The zero-order chi connectivity index (χ0) is 14.3. The molecule has 0 aliphatic heterocycles. The molecule has 0 atom stereocenters. The highest BCUT2D eigenvalue weighted by molar-refractivity contribution is 6.30. The molecule has 3 aromatic heterocycles. The monoisotopic (exact) mass is 290 g/mol. The van der Waals surface area contributed by atoms with Crippen LogP contribution in [0, 0.1) is 6.92 Å². The number of fused-ring (bicyclic) bond motifs is 1. The predicted octanol–water partition coefficient (Wildman–Crippen LogP) is 2.40. The van der Waals surface area contributed by atoms with Crippen LogP contribution < -0.4 is 0 Å². The second kappa shape index (κ2) is 4.86. The normalized spacial score (nSPS) is 11.4. The Morgan fingerprint density at radius 3 is 2.75 bits per heavy atom. The fourth-order valence-electron chi connectivity index (χ4n) is 2.22. The van der Waals surface area contributed by atoms with E-state index in [-0.39, 0.29) is 0 Å². The molecule has 0 bridgehead atoms. The molecule has 7 heteroatoms. The lowest BCUT2D eigenvalue weighted by Gasteiger charge is -2.11. The number of nitrogens with zero attached hydrogens (tertiary/aromatic N) is 6. The van der Waals surface area contributed by atoms with Crippen LogP contribution in [-0.2, 0) is 12.8 Å². The summed E-state index contributed by atoms with van der Waals surface area (Å²) in [4.78, 5) is 8.32. The van der Waals surface area contributed by atoms with E-state index in [2.05, 4.69) is 40.1 Å². The smallest absolute Gasteiger partial charge is 0.219 e. The topological polar surface area (TPSA) is 60.9 Å². The van der Waals surface area contributed by atoms with E-state index < -0.39 is 0 Å². The molecule has 0 radical (unpaired) electrons. The van der Waals surface area contributed by atoms with Crippen molar-refractivity contribution < 1.29 is 0 Å². The van der Waals surface area contributed by atoms with Gasteiger partial charge in [0.1, 0.15) is 11.5 Å². The van der Waals surface area contributed by atoms with Gasteiger partial charge in [-0.1, -0.05) is 25.4 Å². The second-order valence-corrected chi connectivity index (χ2v) is 4.93. The van der Waals surface area contributed by atoms with E-state index >= 15 is 0 Å². The van der Waals surface area contributed by atoms with Crippen LogP contribution in [0.2, 0.25) is 5.15 Å². The highest BCUT2D eigenvalue weighted by Gasteiger charge is 2.17. The van der Waals surface area contributed by atoms with E-state index in [0.717, 1.165) is 35.6 Å². The van der Waals surface area contributed by atoms with Gasteiger partial charge in [0, 0.05) is 11.3 Å². The molecule has 0 saturated heterocycles. The average Bonchev–Trinajstić information content (AvgIpc) is 3.06. The van der Waals surface area contributed by atoms with E-state index in [0.29, 0.717) is 10.9 Å². The van der Waals surface area contributed by atoms with E-state index in [1.807, 2.05) is 11.6 Å². The van der Waals surface area contributed by atoms with Gasteiger partial charge in [-0.05, 0) is 25.8 Å². The Balaban J connectivity index is 2.36. The van der Waals surface area contributed by atoms with Crippen LogP contribution in [0.15, 0.2) is 12.4 Å². The molecule has 0 unspecified atom stereocenters. The molecular formula is C13H15ClN6. The van der Waals surface area contributed by atoms with E-state index in [1.54, 1.807) is 4.52 Å². The zero-order valence-electron chi connectivity index (χ0n) is 11.6. The summed E-state index contributed by atoms with van der Waals surface area (Å²) < 4.78 is 3.57. The highest BCUT2D eigenvalue weighted by Crippen LogP contribution is 2.23. The maximum Gasteiger partial charge on any atom is 0.255 e. The lowest BCUT2D eigenvalue weighted by atomic mass is 10.2. The Kier molecular flexibility index (Phi) is 3.17. The van der Waals surface area contributed by atoms with Gasteiger partial charge in [-0.25, -0.2) is 4.68 Å². The molecule has 0 aliphatic rings. The van der Waals surface area contributed by atoms with Crippen LogP contribution in [0.4, 0.5) is 0 Å². The number of aromatic nitrogens is 6. The Bertz CT molecular complexity index is 773. The summed E-state index contributed by atoms with van der Waals surface area (Å²) in [7, 11) is 0. The Labute approximate surface area is 121 Å². The summed E-state index contributed by atoms with van der Waals surface area (Å²) >= 11 is 6.20. The van der Waals surface area contributed by atoms with E-state index in [1.165, 1.54) is 6.33 Å². The first-order valence-corrected chi connectivity index (χ1v) is 6.97. The first-order chi connectivity index (χ1) is 9.65. The van der Waals surface area contributed by atoms with Crippen LogP contribution in [-0.4, -0.2) is 29.4 Å². The van der Waals surface area contributed by atoms with Gasteiger partial charge < -0.3 is 0 Å². The fourth-order valence-corrected chi connectivity index (χ4v) is 2.38. The highest BCUT2D eigenvalue weighted by atomic mass is 35.5. The van der Waals surface area contributed by atoms with Crippen molar-refractivity contribution in [2.24, 2.45) is 0 Å². The number of halogens is 1. The molecule has 0 N–H and O–H groups in total. The van der Waals surface area contributed by atoms with Gasteiger partial charge in [0.15, 0.2) is 5.82 Å². The molecule has 3 rings (SSSR count). The number of rotatable bonds is 3. The quantitative estimate of drug-likeness (QED) is 0.695. The molecule has 0 fully saturated rings. The van der Waals surface area contributed by atoms with Crippen molar-refractivity contribution in [2.75, 3.05) is 0 Å². The van der Waals surface area contributed by atoms with E-state index in [9.17, 15) is 0 Å². The maximum atomic E-state index is 6.20. The van der Waals surface area contributed by atoms with Crippen LogP contribution in [0.25, 0.3) is 11.6 Å². The molecule has 0 aliphatic carbocycles. The molecule has 0 saturated carbocycles. The summed E-state index contributed by atoms with van der Waals surface area (Å²) in [6, 6.07) is 2.11. The summed E-state index contributed by atoms with van der Waals surface area (Å²) in [5.41, 5.74) is 3.00. The first kappa shape index (κ1) is 13.1. The van der Waals surface area contributed by atoms with E-state index in [4.69, 9.17) is 11.6 Å². The molecule has 0 amide bonds. The summed E-state index contributed by atoms with van der Waals surface area (Å²) in [5.74, 6) is 1.28. The SMILES string of the molecule is CCc1cc(CC)n(-c2c(C)c(Cl)nc3ncnn23)n1. The van der Waals surface area contributed by atoms with Crippen molar-refractivity contribution in [1.82, 2.24) is 29.4 Å². The van der Waals surface area contributed by atoms with Gasteiger partial charge in [-0.15, -0.1) is 0 Å². The third-order valence-corrected chi connectivity index (χ3v) is 3.70. The molecule has 6 nitrogen and oxygen atoms in total. The lowest BCUT2D eigenvalue weighted by Crippen LogP contribution is -2.12. The zero-order valence-corrected chi connectivity index (χ0v) is 12.4. The first-order valence-electron chi connectivity index (χ1n) is 6.59. The Morgan fingerprint density at radius 1 is 1.25 bits per heavy atom. The number of aryl methyl sites for hydroxylation is 2. The third kappa shape index (κ3) is 1.87. The molecule has 3 aromatic rings. The predicted molar refractivity (Wildman–Crippen MR) is 76.4 cm³/mol. The standard InChI is InChI=1S/C13H15ClN6/c1-4-9-6-10(5-2)19(18-9)12-8(3)11(14)17-13-15-7-16-20(12)13/h6-7H,4-5H2,1-3H3. The van der Waals surface area contributed by atoms with Gasteiger partial charge >= 0.3 is 0 Å². The van der Waals surface area contributed by atoms with Crippen LogP contribution in [0.3, 0.4) is 0 Å². The van der Waals surface area contributed by atoms with Crippen molar-refractivity contribution in [3.05, 3.63) is 34.5 Å². The molecule has 3 heterocycles. The van der Waals surface area contributed by atoms with Crippen molar-refractivity contribution in [2.45, 2.75) is 33.6 Å². The van der Waals surface area contributed by atoms with Crippen molar-refractivity contribution in [3.63, 3.8) is 0 Å². The van der Waals surface area contributed by atoms with Crippen LogP contribution in [0.1, 0.15) is 30.8 Å². The fraction of sp³-hybridized carbons (Fsp3) is 0.385. The second-order valence-electron chi connectivity index (χ2n) is 4.57. The molecular weight excluding hydrogens is 276 g/mol. The van der Waals surface area contributed by atoms with Crippen LogP contribution >= 0.6 is 11.6 Å². The minimum absolute atomic E-state index is 0.427. The van der Waals surface area contributed by atoms with Gasteiger partial charge in [-0.3, -0.25) is 0 Å². The molecule has 104 valence electrons.